The van der Waals surface area contributed by atoms with Crippen molar-refractivity contribution in [3.8, 4) is 45.6 Å². The van der Waals surface area contributed by atoms with Gasteiger partial charge in [0, 0.05) is 27.6 Å². The average molecular weight is 627 g/mol. The van der Waals surface area contributed by atoms with Gasteiger partial charge in [-0.25, -0.2) is 19.9 Å². The lowest BCUT2D eigenvalue weighted by Gasteiger charge is -2.13. The van der Waals surface area contributed by atoms with Crippen LogP contribution in [0.2, 0.25) is 0 Å². The third kappa shape index (κ3) is 4.48. The molecule has 228 valence electrons. The second-order valence-electron chi connectivity index (χ2n) is 12.2. The normalized spacial score (nSPS) is 11.7. The van der Waals surface area contributed by atoms with Gasteiger partial charge < -0.3 is 4.42 Å². The SMILES string of the molecule is c1ccc(-c2nc(-c3cc4ccccc4c4ccccc34)nc(-c3cccc4ccc5nc(-c6cccc7ccccc67)oc5c34)n2)cc1. The average Bonchev–Trinajstić information content (AvgIpc) is 3.62. The van der Waals surface area contributed by atoms with E-state index in [9.17, 15) is 0 Å². The Balaban J connectivity index is 1.25. The molecule has 0 aliphatic heterocycles. The zero-order valence-electron chi connectivity index (χ0n) is 26.2. The van der Waals surface area contributed by atoms with Crippen LogP contribution in [0.4, 0.5) is 0 Å². The molecule has 0 aliphatic rings. The molecule has 5 nitrogen and oxygen atoms in total. The van der Waals surface area contributed by atoms with E-state index in [4.69, 9.17) is 24.4 Å². The minimum absolute atomic E-state index is 0.572. The van der Waals surface area contributed by atoms with Gasteiger partial charge in [0.25, 0.3) is 0 Å². The van der Waals surface area contributed by atoms with E-state index in [0.717, 1.165) is 65.5 Å². The highest BCUT2D eigenvalue weighted by atomic mass is 16.3. The molecule has 0 fully saturated rings. The molecule has 0 unspecified atom stereocenters. The molecular formula is C44H26N4O. The van der Waals surface area contributed by atoms with Crippen LogP contribution in [0.1, 0.15) is 0 Å². The highest BCUT2D eigenvalue weighted by molar-refractivity contribution is 6.14. The quantitative estimate of drug-likeness (QED) is 0.182. The molecular weight excluding hydrogens is 601 g/mol. The summed E-state index contributed by atoms with van der Waals surface area (Å²) in [7, 11) is 0. The molecule has 5 heteroatoms. The molecule has 0 amide bonds. The summed E-state index contributed by atoms with van der Waals surface area (Å²) in [4.78, 5) is 20.5. The van der Waals surface area contributed by atoms with Crippen molar-refractivity contribution in [1.82, 2.24) is 19.9 Å². The Morgan fingerprint density at radius 3 is 1.82 bits per heavy atom. The molecule has 0 spiro atoms. The number of hydrogen-bond acceptors (Lipinski definition) is 5. The summed E-state index contributed by atoms with van der Waals surface area (Å²) in [5, 5.41) is 8.75. The number of nitrogens with zero attached hydrogens (tertiary/aromatic N) is 4. The van der Waals surface area contributed by atoms with Gasteiger partial charge in [0.05, 0.1) is 0 Å². The monoisotopic (exact) mass is 626 g/mol. The first-order valence-corrected chi connectivity index (χ1v) is 16.3. The third-order valence-corrected chi connectivity index (χ3v) is 9.34. The molecule has 0 atom stereocenters. The molecule has 0 saturated carbocycles. The lowest BCUT2D eigenvalue weighted by Crippen LogP contribution is -2.01. The van der Waals surface area contributed by atoms with Gasteiger partial charge in [-0.1, -0.05) is 140 Å². The smallest absolute Gasteiger partial charge is 0.227 e. The van der Waals surface area contributed by atoms with Crippen molar-refractivity contribution in [2.24, 2.45) is 0 Å². The first-order chi connectivity index (χ1) is 24.3. The third-order valence-electron chi connectivity index (χ3n) is 9.34. The van der Waals surface area contributed by atoms with E-state index in [1.165, 1.54) is 5.39 Å². The van der Waals surface area contributed by atoms with E-state index in [2.05, 4.69) is 97.1 Å². The fourth-order valence-electron chi connectivity index (χ4n) is 7.04. The summed E-state index contributed by atoms with van der Waals surface area (Å²) in [5.74, 6) is 2.38. The van der Waals surface area contributed by atoms with Crippen molar-refractivity contribution < 1.29 is 4.42 Å². The summed E-state index contributed by atoms with van der Waals surface area (Å²) in [5.41, 5.74) is 5.17. The minimum atomic E-state index is 0.572. The lowest BCUT2D eigenvalue weighted by atomic mass is 9.96. The Labute approximate surface area is 281 Å². The molecule has 0 aliphatic carbocycles. The molecule has 2 aromatic heterocycles. The topological polar surface area (TPSA) is 64.7 Å². The number of benzene rings is 8. The van der Waals surface area contributed by atoms with Crippen LogP contribution >= 0.6 is 0 Å². The van der Waals surface area contributed by atoms with Gasteiger partial charge in [-0.3, -0.25) is 0 Å². The van der Waals surface area contributed by atoms with Crippen LogP contribution in [0.5, 0.6) is 0 Å². The van der Waals surface area contributed by atoms with Crippen molar-refractivity contribution in [2.45, 2.75) is 0 Å². The maximum Gasteiger partial charge on any atom is 0.227 e. The van der Waals surface area contributed by atoms with Crippen molar-refractivity contribution in [1.29, 1.82) is 0 Å². The molecule has 2 heterocycles. The summed E-state index contributed by atoms with van der Waals surface area (Å²) in [6.07, 6.45) is 0. The predicted molar refractivity (Wildman–Crippen MR) is 199 cm³/mol. The van der Waals surface area contributed by atoms with Gasteiger partial charge in [0.2, 0.25) is 5.89 Å². The second-order valence-corrected chi connectivity index (χ2v) is 12.2. The highest BCUT2D eigenvalue weighted by Gasteiger charge is 2.20. The maximum absolute atomic E-state index is 6.69. The molecule has 8 aromatic carbocycles. The Kier molecular flexibility index (Phi) is 6.11. The van der Waals surface area contributed by atoms with Gasteiger partial charge in [-0.15, -0.1) is 0 Å². The fourth-order valence-corrected chi connectivity index (χ4v) is 7.04. The first-order valence-electron chi connectivity index (χ1n) is 16.3. The standard InChI is InChI=1S/C44H26N4O/c1-2-13-29(14-3-1)41-46-42(48-43(47-41)37-26-30-15-5-7-19-32(30)33-20-8-9-21-34(33)37)36-23-11-17-28-24-25-38-40(39(28)36)49-44(45-38)35-22-10-16-27-12-4-6-18-31(27)35/h1-26H. The molecule has 0 N–H and O–H groups in total. The van der Waals surface area contributed by atoms with E-state index >= 15 is 0 Å². The molecule has 0 radical (unpaired) electrons. The number of aromatic nitrogens is 4. The van der Waals surface area contributed by atoms with Crippen LogP contribution in [-0.4, -0.2) is 19.9 Å². The molecule has 49 heavy (non-hydrogen) atoms. The number of hydrogen-bond donors (Lipinski definition) is 0. The largest absolute Gasteiger partial charge is 0.435 e. The van der Waals surface area contributed by atoms with Crippen LogP contribution in [0, 0.1) is 0 Å². The predicted octanol–water partition coefficient (Wildman–Crippen LogP) is 11.3. The van der Waals surface area contributed by atoms with Crippen LogP contribution in [0.15, 0.2) is 162 Å². The van der Waals surface area contributed by atoms with Crippen LogP contribution in [-0.2, 0) is 0 Å². The van der Waals surface area contributed by atoms with Crippen molar-refractivity contribution >= 4 is 54.2 Å². The molecule has 10 rings (SSSR count). The number of oxazole rings is 1. The van der Waals surface area contributed by atoms with E-state index in [1.54, 1.807) is 0 Å². The zero-order chi connectivity index (χ0) is 32.3. The van der Waals surface area contributed by atoms with Crippen molar-refractivity contribution in [3.63, 3.8) is 0 Å². The summed E-state index contributed by atoms with van der Waals surface area (Å²) >= 11 is 0. The lowest BCUT2D eigenvalue weighted by molar-refractivity contribution is 0.624. The van der Waals surface area contributed by atoms with Crippen molar-refractivity contribution in [2.75, 3.05) is 0 Å². The Hall–Kier alpha value is -6.72. The summed E-state index contributed by atoms with van der Waals surface area (Å²) in [6, 6.07) is 54.1. The van der Waals surface area contributed by atoms with Gasteiger partial charge in [0.1, 0.15) is 5.52 Å². The van der Waals surface area contributed by atoms with Gasteiger partial charge in [-0.05, 0) is 55.9 Å². The van der Waals surface area contributed by atoms with Crippen LogP contribution in [0.25, 0.3) is 99.8 Å². The van der Waals surface area contributed by atoms with E-state index in [-0.39, 0.29) is 0 Å². The number of rotatable bonds is 4. The molecule has 0 saturated heterocycles. The highest BCUT2D eigenvalue weighted by Crippen LogP contribution is 2.39. The van der Waals surface area contributed by atoms with Crippen LogP contribution in [0.3, 0.4) is 0 Å². The zero-order valence-corrected chi connectivity index (χ0v) is 26.2. The van der Waals surface area contributed by atoms with Crippen molar-refractivity contribution in [3.05, 3.63) is 158 Å². The first kappa shape index (κ1) is 27.4. The Morgan fingerprint density at radius 2 is 0.980 bits per heavy atom. The van der Waals surface area contributed by atoms with E-state index < -0.39 is 0 Å². The minimum Gasteiger partial charge on any atom is -0.435 e. The Morgan fingerprint density at radius 1 is 0.367 bits per heavy atom. The van der Waals surface area contributed by atoms with Gasteiger partial charge >= 0.3 is 0 Å². The second kappa shape index (κ2) is 10.9. The summed E-state index contributed by atoms with van der Waals surface area (Å²) in [6.45, 7) is 0. The molecule has 0 bridgehead atoms. The van der Waals surface area contributed by atoms with E-state index in [1.807, 2.05) is 60.7 Å². The van der Waals surface area contributed by atoms with Gasteiger partial charge in [-0.2, -0.15) is 0 Å². The maximum atomic E-state index is 6.69. The van der Waals surface area contributed by atoms with E-state index in [0.29, 0.717) is 28.9 Å². The summed E-state index contributed by atoms with van der Waals surface area (Å²) < 4.78 is 6.69. The molecule has 10 aromatic rings. The Bertz CT molecular complexity index is 2890. The van der Waals surface area contributed by atoms with Crippen LogP contribution < -0.4 is 0 Å². The fraction of sp³-hybridized carbons (Fsp3) is 0. The van der Waals surface area contributed by atoms with Gasteiger partial charge in [0.15, 0.2) is 23.1 Å². The number of fused-ring (bicyclic) bond motifs is 7.